The number of halogens is 1. The Morgan fingerprint density at radius 2 is 2.29 bits per heavy atom. The number of benzene rings is 1. The molecule has 0 amide bonds. The smallest absolute Gasteiger partial charge is 0.0413 e. The van der Waals surface area contributed by atoms with Crippen molar-refractivity contribution < 1.29 is 0 Å². The summed E-state index contributed by atoms with van der Waals surface area (Å²) in [5.74, 6) is 0. The minimum Gasteiger partial charge on any atom is -0.374 e. The van der Waals surface area contributed by atoms with Gasteiger partial charge in [0.2, 0.25) is 0 Å². The number of anilines is 1. The fourth-order valence-corrected chi connectivity index (χ4v) is 2.17. The molecule has 1 heterocycles. The Labute approximate surface area is 89.7 Å². The molecule has 0 radical (unpaired) electrons. The van der Waals surface area contributed by atoms with Gasteiger partial charge in [0, 0.05) is 30.3 Å². The normalized spacial score (nSPS) is 21.6. The van der Waals surface area contributed by atoms with Crippen LogP contribution in [0.25, 0.3) is 0 Å². The second kappa shape index (κ2) is 3.79. The van der Waals surface area contributed by atoms with Crippen LogP contribution in [-0.2, 0) is 0 Å². The molecule has 3 heteroatoms. The number of fused-ring (bicyclic) bond motifs is 1. The molecule has 0 spiro atoms. The molecule has 0 saturated heterocycles. The van der Waals surface area contributed by atoms with Gasteiger partial charge in [0.15, 0.2) is 0 Å². The first-order chi connectivity index (χ1) is 6.68. The van der Waals surface area contributed by atoms with Gasteiger partial charge in [-0.25, -0.2) is 0 Å². The summed E-state index contributed by atoms with van der Waals surface area (Å²) in [6.07, 6.45) is 2.18. The number of rotatable bonds is 0. The van der Waals surface area contributed by atoms with Crippen LogP contribution < -0.4 is 10.6 Å². The Hall–Kier alpha value is -0.730. The SMILES string of the molecule is CN1CCCC(N)c2cc(Cl)ccc21. The third kappa shape index (κ3) is 1.72. The van der Waals surface area contributed by atoms with Gasteiger partial charge in [-0.1, -0.05) is 11.6 Å². The van der Waals surface area contributed by atoms with Gasteiger partial charge in [0.05, 0.1) is 0 Å². The fourth-order valence-electron chi connectivity index (χ4n) is 1.99. The molecule has 1 aromatic carbocycles. The predicted molar refractivity (Wildman–Crippen MR) is 60.9 cm³/mol. The van der Waals surface area contributed by atoms with E-state index in [1.807, 2.05) is 12.1 Å². The number of nitrogens with two attached hydrogens (primary N) is 1. The van der Waals surface area contributed by atoms with Gasteiger partial charge >= 0.3 is 0 Å². The largest absolute Gasteiger partial charge is 0.374 e. The molecule has 0 aliphatic carbocycles. The van der Waals surface area contributed by atoms with Crippen LogP contribution in [0, 0.1) is 0 Å². The van der Waals surface area contributed by atoms with Gasteiger partial charge in [-0.05, 0) is 36.6 Å². The highest BCUT2D eigenvalue weighted by atomic mass is 35.5. The van der Waals surface area contributed by atoms with Crippen LogP contribution in [0.4, 0.5) is 5.69 Å². The molecule has 0 fully saturated rings. The molecular weight excluding hydrogens is 196 g/mol. The Kier molecular flexibility index (Phi) is 2.66. The molecule has 0 aromatic heterocycles. The van der Waals surface area contributed by atoms with Crippen molar-refractivity contribution in [2.24, 2.45) is 5.73 Å². The van der Waals surface area contributed by atoms with Gasteiger partial charge in [-0.15, -0.1) is 0 Å². The molecule has 1 aliphatic heterocycles. The minimum absolute atomic E-state index is 0.133. The Balaban J connectivity index is 2.48. The molecule has 14 heavy (non-hydrogen) atoms. The van der Waals surface area contributed by atoms with E-state index in [0.29, 0.717) is 0 Å². The zero-order valence-electron chi connectivity index (χ0n) is 8.33. The summed E-state index contributed by atoms with van der Waals surface area (Å²) >= 11 is 5.97. The van der Waals surface area contributed by atoms with Gasteiger partial charge < -0.3 is 10.6 Å². The van der Waals surface area contributed by atoms with Crippen molar-refractivity contribution in [3.63, 3.8) is 0 Å². The van der Waals surface area contributed by atoms with Crippen LogP contribution in [0.2, 0.25) is 5.02 Å². The van der Waals surface area contributed by atoms with Crippen molar-refractivity contribution in [2.45, 2.75) is 18.9 Å². The maximum Gasteiger partial charge on any atom is 0.0413 e. The van der Waals surface area contributed by atoms with Crippen LogP contribution in [-0.4, -0.2) is 13.6 Å². The predicted octanol–water partition coefficient (Wildman–Crippen LogP) is 2.57. The second-order valence-electron chi connectivity index (χ2n) is 3.87. The molecule has 0 bridgehead atoms. The van der Waals surface area contributed by atoms with Gasteiger partial charge in [0.1, 0.15) is 0 Å². The topological polar surface area (TPSA) is 29.3 Å². The summed E-state index contributed by atoms with van der Waals surface area (Å²) in [6.45, 7) is 1.07. The third-order valence-corrected chi connectivity index (χ3v) is 3.04. The molecule has 1 aromatic rings. The summed E-state index contributed by atoms with van der Waals surface area (Å²) in [6, 6.07) is 6.11. The summed E-state index contributed by atoms with van der Waals surface area (Å²) in [5, 5.41) is 0.773. The molecule has 2 N–H and O–H groups in total. The molecule has 0 saturated carbocycles. The van der Waals surface area contributed by atoms with E-state index in [9.17, 15) is 0 Å². The highest BCUT2D eigenvalue weighted by Crippen LogP contribution is 2.32. The monoisotopic (exact) mass is 210 g/mol. The number of hydrogen-bond acceptors (Lipinski definition) is 2. The minimum atomic E-state index is 0.133. The van der Waals surface area contributed by atoms with E-state index in [1.165, 1.54) is 11.3 Å². The number of hydrogen-bond donors (Lipinski definition) is 1. The van der Waals surface area contributed by atoms with Crippen LogP contribution in [0.15, 0.2) is 18.2 Å². The van der Waals surface area contributed by atoms with Crippen molar-refractivity contribution in [1.82, 2.24) is 0 Å². The van der Waals surface area contributed by atoms with E-state index in [0.717, 1.165) is 24.4 Å². The van der Waals surface area contributed by atoms with Crippen molar-refractivity contribution in [1.29, 1.82) is 0 Å². The number of nitrogens with zero attached hydrogens (tertiary/aromatic N) is 1. The summed E-state index contributed by atoms with van der Waals surface area (Å²) in [4.78, 5) is 2.25. The lowest BCUT2D eigenvalue weighted by Crippen LogP contribution is -2.17. The molecule has 1 unspecified atom stereocenters. The maximum absolute atomic E-state index is 6.09. The summed E-state index contributed by atoms with van der Waals surface area (Å²) in [7, 11) is 2.10. The van der Waals surface area contributed by atoms with Crippen LogP contribution in [0.5, 0.6) is 0 Å². The van der Waals surface area contributed by atoms with Crippen molar-refractivity contribution in [3.8, 4) is 0 Å². The Morgan fingerprint density at radius 3 is 3.07 bits per heavy atom. The van der Waals surface area contributed by atoms with Crippen molar-refractivity contribution in [3.05, 3.63) is 28.8 Å². The van der Waals surface area contributed by atoms with Crippen LogP contribution >= 0.6 is 11.6 Å². The Bertz CT molecular complexity index is 338. The molecule has 2 rings (SSSR count). The van der Waals surface area contributed by atoms with E-state index in [-0.39, 0.29) is 6.04 Å². The summed E-state index contributed by atoms with van der Waals surface area (Å²) < 4.78 is 0. The van der Waals surface area contributed by atoms with Crippen molar-refractivity contribution >= 4 is 17.3 Å². The highest BCUT2D eigenvalue weighted by molar-refractivity contribution is 6.30. The first kappa shape index (κ1) is 9.81. The van der Waals surface area contributed by atoms with E-state index < -0.39 is 0 Å². The molecule has 1 atom stereocenters. The second-order valence-corrected chi connectivity index (χ2v) is 4.31. The highest BCUT2D eigenvalue weighted by Gasteiger charge is 2.18. The zero-order chi connectivity index (χ0) is 10.1. The summed E-state index contributed by atoms with van der Waals surface area (Å²) in [5.41, 5.74) is 8.49. The Morgan fingerprint density at radius 1 is 1.50 bits per heavy atom. The first-order valence-corrected chi connectivity index (χ1v) is 5.32. The van der Waals surface area contributed by atoms with Gasteiger partial charge in [-0.3, -0.25) is 0 Å². The lowest BCUT2D eigenvalue weighted by Gasteiger charge is -2.20. The molecule has 2 nitrogen and oxygen atoms in total. The zero-order valence-corrected chi connectivity index (χ0v) is 9.09. The quantitative estimate of drug-likeness (QED) is 0.713. The maximum atomic E-state index is 6.09. The fraction of sp³-hybridized carbons (Fsp3) is 0.455. The van der Waals surface area contributed by atoms with Gasteiger partial charge in [-0.2, -0.15) is 0 Å². The van der Waals surface area contributed by atoms with E-state index in [2.05, 4.69) is 18.0 Å². The van der Waals surface area contributed by atoms with E-state index in [1.54, 1.807) is 0 Å². The van der Waals surface area contributed by atoms with Gasteiger partial charge in [0.25, 0.3) is 0 Å². The standard InChI is InChI=1S/C11H15ClN2/c1-14-6-2-3-10(13)9-7-8(12)4-5-11(9)14/h4-5,7,10H,2-3,6,13H2,1H3. The van der Waals surface area contributed by atoms with E-state index >= 15 is 0 Å². The first-order valence-electron chi connectivity index (χ1n) is 4.94. The average Bonchev–Trinajstić information content (AvgIpc) is 2.28. The molecule has 1 aliphatic rings. The lowest BCUT2D eigenvalue weighted by molar-refractivity contribution is 0.633. The van der Waals surface area contributed by atoms with Crippen LogP contribution in [0.3, 0.4) is 0 Å². The lowest BCUT2D eigenvalue weighted by atomic mass is 10.0. The average molecular weight is 211 g/mol. The van der Waals surface area contributed by atoms with Crippen molar-refractivity contribution in [2.75, 3.05) is 18.5 Å². The van der Waals surface area contributed by atoms with Crippen LogP contribution in [0.1, 0.15) is 24.4 Å². The molecule has 76 valence electrons. The third-order valence-electron chi connectivity index (χ3n) is 2.81. The van der Waals surface area contributed by atoms with E-state index in [4.69, 9.17) is 17.3 Å². The molecular formula is C11H15ClN2.